The molecule has 3 aromatic rings. The number of piperazine rings is 1. The van der Waals surface area contributed by atoms with Gasteiger partial charge in [-0.2, -0.15) is 0 Å². The summed E-state index contributed by atoms with van der Waals surface area (Å²) in [5.74, 6) is 0.419. The lowest BCUT2D eigenvalue weighted by molar-refractivity contribution is 0.0535. The summed E-state index contributed by atoms with van der Waals surface area (Å²) in [6.45, 7) is 3.89. The van der Waals surface area contributed by atoms with Gasteiger partial charge in [0.15, 0.2) is 0 Å². The number of amides is 2. The van der Waals surface area contributed by atoms with Crippen molar-refractivity contribution in [3.8, 4) is 5.75 Å². The zero-order valence-corrected chi connectivity index (χ0v) is 19.9. The number of rotatable bonds is 5. The van der Waals surface area contributed by atoms with E-state index in [-0.39, 0.29) is 23.9 Å². The molecule has 0 bridgehead atoms. The van der Waals surface area contributed by atoms with E-state index in [1.54, 1.807) is 47.4 Å². The maximum Gasteiger partial charge on any atom is 0.255 e. The van der Waals surface area contributed by atoms with E-state index in [4.69, 9.17) is 16.3 Å². The Kier molecular flexibility index (Phi) is 7.03. The molecule has 7 nitrogen and oxygen atoms in total. The van der Waals surface area contributed by atoms with Gasteiger partial charge in [-0.05, 0) is 42.3 Å². The number of hydrogen-bond donors (Lipinski definition) is 0. The SMILES string of the molecule is COc1cc(C(=O)N2CCN(C(=O)c3ccc(=O)n(Cc4ccccc4Cl)c3)CC2)ccc1C. The van der Waals surface area contributed by atoms with Crippen LogP contribution in [-0.4, -0.2) is 59.5 Å². The Morgan fingerprint density at radius 1 is 0.912 bits per heavy atom. The van der Waals surface area contributed by atoms with Crippen molar-refractivity contribution >= 4 is 23.4 Å². The lowest BCUT2D eigenvalue weighted by atomic mass is 10.1. The molecule has 0 spiro atoms. The fourth-order valence-electron chi connectivity index (χ4n) is 4.02. The highest BCUT2D eigenvalue weighted by atomic mass is 35.5. The second-order valence-electron chi connectivity index (χ2n) is 8.24. The Morgan fingerprint density at radius 2 is 1.53 bits per heavy atom. The lowest BCUT2D eigenvalue weighted by Crippen LogP contribution is -2.50. The molecule has 34 heavy (non-hydrogen) atoms. The normalized spacial score (nSPS) is 13.6. The van der Waals surface area contributed by atoms with E-state index in [0.29, 0.717) is 48.1 Å². The van der Waals surface area contributed by atoms with Gasteiger partial charge >= 0.3 is 0 Å². The molecular weight excluding hydrogens is 454 g/mol. The summed E-state index contributed by atoms with van der Waals surface area (Å²) in [5, 5.41) is 0.568. The Hall–Kier alpha value is -3.58. The smallest absolute Gasteiger partial charge is 0.255 e. The molecule has 1 saturated heterocycles. The van der Waals surface area contributed by atoms with Crippen molar-refractivity contribution in [2.75, 3.05) is 33.3 Å². The number of benzene rings is 2. The van der Waals surface area contributed by atoms with E-state index in [2.05, 4.69) is 0 Å². The number of halogens is 1. The summed E-state index contributed by atoms with van der Waals surface area (Å²) in [4.78, 5) is 41.8. The van der Waals surface area contributed by atoms with Crippen molar-refractivity contribution in [2.24, 2.45) is 0 Å². The van der Waals surface area contributed by atoms with E-state index in [1.807, 2.05) is 31.2 Å². The standard InChI is InChI=1S/C26H26ClN3O4/c1-18-7-8-19(15-23(18)34-2)25(32)28-11-13-29(14-12-28)26(33)21-9-10-24(31)30(17-21)16-20-5-3-4-6-22(20)27/h3-10,15,17H,11-14,16H2,1-2H3. The molecule has 0 unspecified atom stereocenters. The number of aryl methyl sites for hydroxylation is 1. The van der Waals surface area contributed by atoms with Crippen LogP contribution in [0.5, 0.6) is 5.75 Å². The first-order chi connectivity index (χ1) is 16.4. The van der Waals surface area contributed by atoms with Crippen LogP contribution in [0.25, 0.3) is 0 Å². The van der Waals surface area contributed by atoms with Gasteiger partial charge in [-0.25, -0.2) is 0 Å². The predicted octanol–water partition coefficient (Wildman–Crippen LogP) is 3.47. The number of nitrogens with zero attached hydrogens (tertiary/aromatic N) is 3. The molecule has 1 aromatic heterocycles. The second-order valence-corrected chi connectivity index (χ2v) is 8.65. The molecule has 0 N–H and O–H groups in total. The highest BCUT2D eigenvalue weighted by Gasteiger charge is 2.26. The van der Waals surface area contributed by atoms with Crippen LogP contribution in [0.1, 0.15) is 31.8 Å². The number of carbonyl (C=O) groups excluding carboxylic acids is 2. The van der Waals surface area contributed by atoms with Gasteiger partial charge in [-0.1, -0.05) is 35.9 Å². The molecule has 2 amide bonds. The number of pyridine rings is 1. The summed E-state index contributed by atoms with van der Waals surface area (Å²) in [6, 6.07) is 15.6. The fourth-order valence-corrected chi connectivity index (χ4v) is 4.22. The van der Waals surface area contributed by atoms with Crippen LogP contribution in [-0.2, 0) is 6.54 Å². The molecule has 1 fully saturated rings. The average molecular weight is 480 g/mol. The van der Waals surface area contributed by atoms with Gasteiger partial charge in [0.25, 0.3) is 17.4 Å². The zero-order valence-electron chi connectivity index (χ0n) is 19.2. The molecule has 0 aliphatic carbocycles. The summed E-state index contributed by atoms with van der Waals surface area (Å²) in [7, 11) is 1.58. The van der Waals surface area contributed by atoms with Gasteiger partial charge in [-0.15, -0.1) is 0 Å². The van der Waals surface area contributed by atoms with E-state index < -0.39 is 0 Å². The maximum atomic E-state index is 13.1. The van der Waals surface area contributed by atoms with Crippen molar-refractivity contribution in [1.82, 2.24) is 14.4 Å². The number of methoxy groups -OCH3 is 1. The molecule has 176 valence electrons. The molecule has 8 heteroatoms. The Labute approximate surface area is 203 Å². The number of hydrogen-bond acceptors (Lipinski definition) is 4. The third-order valence-electron chi connectivity index (χ3n) is 6.04. The van der Waals surface area contributed by atoms with Crippen molar-refractivity contribution in [3.05, 3.63) is 98.4 Å². The van der Waals surface area contributed by atoms with E-state index >= 15 is 0 Å². The van der Waals surface area contributed by atoms with Crippen molar-refractivity contribution < 1.29 is 14.3 Å². The van der Waals surface area contributed by atoms with Crippen LogP contribution in [0.4, 0.5) is 0 Å². The van der Waals surface area contributed by atoms with Crippen molar-refractivity contribution in [2.45, 2.75) is 13.5 Å². The summed E-state index contributed by atoms with van der Waals surface area (Å²) in [5.41, 5.74) is 2.55. The van der Waals surface area contributed by atoms with Crippen LogP contribution in [0.3, 0.4) is 0 Å². The van der Waals surface area contributed by atoms with Gasteiger partial charge < -0.3 is 19.1 Å². The Bertz CT molecular complexity index is 1280. The molecule has 2 heterocycles. The van der Waals surface area contributed by atoms with Gasteiger partial charge in [0, 0.05) is 49.0 Å². The first-order valence-electron chi connectivity index (χ1n) is 11.0. The van der Waals surface area contributed by atoms with Crippen LogP contribution in [0.2, 0.25) is 5.02 Å². The Balaban J connectivity index is 1.43. The maximum absolute atomic E-state index is 13.1. The minimum atomic E-state index is -0.208. The topological polar surface area (TPSA) is 71.8 Å². The van der Waals surface area contributed by atoms with Crippen LogP contribution in [0, 0.1) is 6.92 Å². The molecule has 1 aliphatic rings. The molecule has 0 atom stereocenters. The van der Waals surface area contributed by atoms with Crippen LogP contribution < -0.4 is 10.3 Å². The zero-order chi connectivity index (χ0) is 24.2. The van der Waals surface area contributed by atoms with Crippen LogP contribution >= 0.6 is 11.6 Å². The van der Waals surface area contributed by atoms with E-state index in [0.717, 1.165) is 11.1 Å². The molecule has 1 aliphatic heterocycles. The van der Waals surface area contributed by atoms with Gasteiger partial charge in [0.2, 0.25) is 0 Å². The molecule has 2 aromatic carbocycles. The molecule has 4 rings (SSSR count). The lowest BCUT2D eigenvalue weighted by Gasteiger charge is -2.35. The second kappa shape index (κ2) is 10.1. The highest BCUT2D eigenvalue weighted by Crippen LogP contribution is 2.21. The predicted molar refractivity (Wildman–Crippen MR) is 131 cm³/mol. The van der Waals surface area contributed by atoms with Gasteiger partial charge in [0.05, 0.1) is 19.2 Å². The average Bonchev–Trinajstić information content (AvgIpc) is 2.86. The molecular formula is C26H26ClN3O4. The highest BCUT2D eigenvalue weighted by molar-refractivity contribution is 6.31. The van der Waals surface area contributed by atoms with E-state index in [9.17, 15) is 14.4 Å². The third kappa shape index (κ3) is 4.99. The largest absolute Gasteiger partial charge is 0.496 e. The minimum absolute atomic E-state index is 0.0845. The molecule has 0 saturated carbocycles. The van der Waals surface area contributed by atoms with Crippen LogP contribution in [0.15, 0.2) is 65.6 Å². The van der Waals surface area contributed by atoms with E-state index in [1.165, 1.54) is 10.6 Å². The van der Waals surface area contributed by atoms with Crippen molar-refractivity contribution in [1.29, 1.82) is 0 Å². The number of ether oxygens (including phenoxy) is 1. The quantitative estimate of drug-likeness (QED) is 0.562. The first kappa shape index (κ1) is 23.6. The summed E-state index contributed by atoms with van der Waals surface area (Å²) >= 11 is 6.23. The number of carbonyl (C=O) groups is 2. The molecule has 0 radical (unpaired) electrons. The summed E-state index contributed by atoms with van der Waals surface area (Å²) < 4.78 is 6.81. The first-order valence-corrected chi connectivity index (χ1v) is 11.4. The number of aromatic nitrogens is 1. The fraction of sp³-hybridized carbons (Fsp3) is 0.269. The third-order valence-corrected chi connectivity index (χ3v) is 6.41. The monoisotopic (exact) mass is 479 g/mol. The van der Waals surface area contributed by atoms with Crippen molar-refractivity contribution in [3.63, 3.8) is 0 Å². The minimum Gasteiger partial charge on any atom is -0.496 e. The Morgan fingerprint density at radius 3 is 2.18 bits per heavy atom. The van der Waals surface area contributed by atoms with Gasteiger partial charge in [-0.3, -0.25) is 14.4 Å². The van der Waals surface area contributed by atoms with Gasteiger partial charge in [0.1, 0.15) is 5.75 Å². The summed E-state index contributed by atoms with van der Waals surface area (Å²) in [6.07, 6.45) is 1.57.